The Morgan fingerprint density at radius 1 is 1.35 bits per heavy atom. The highest BCUT2D eigenvalue weighted by molar-refractivity contribution is 6.74. The van der Waals surface area contributed by atoms with Crippen LogP contribution in [0.3, 0.4) is 0 Å². The predicted molar refractivity (Wildman–Crippen MR) is 94.9 cm³/mol. The average molecular weight is 343 g/mol. The molecule has 1 aliphatic rings. The summed E-state index contributed by atoms with van der Waals surface area (Å²) in [5.74, 6) is -0.299. The van der Waals surface area contributed by atoms with Gasteiger partial charge in [0, 0.05) is 17.9 Å². The van der Waals surface area contributed by atoms with Crippen LogP contribution in [0.1, 0.15) is 60.3 Å². The lowest BCUT2D eigenvalue weighted by Gasteiger charge is -2.42. The third-order valence-corrected chi connectivity index (χ3v) is 10.0. The van der Waals surface area contributed by atoms with Gasteiger partial charge in [-0.2, -0.15) is 0 Å². The van der Waals surface area contributed by atoms with E-state index in [0.717, 1.165) is 19.3 Å². The molecule has 0 bridgehead atoms. The van der Waals surface area contributed by atoms with E-state index in [2.05, 4.69) is 33.9 Å². The van der Waals surface area contributed by atoms with E-state index < -0.39 is 13.7 Å². The largest absolute Gasteiger partial charge is 0.466 e. The van der Waals surface area contributed by atoms with Crippen LogP contribution in [-0.4, -0.2) is 33.3 Å². The second kappa shape index (κ2) is 7.47. The quantitative estimate of drug-likeness (QED) is 0.532. The van der Waals surface area contributed by atoms with E-state index in [0.29, 0.717) is 13.2 Å². The predicted octanol–water partition coefficient (Wildman–Crippen LogP) is 4.34. The molecule has 0 aliphatic heterocycles. The van der Waals surface area contributed by atoms with Gasteiger partial charge < -0.3 is 9.16 Å². The fourth-order valence-electron chi connectivity index (χ4n) is 2.80. The Kier molecular flexibility index (Phi) is 6.61. The molecule has 0 saturated heterocycles. The third kappa shape index (κ3) is 5.15. The van der Waals surface area contributed by atoms with Crippen LogP contribution in [0.25, 0.3) is 0 Å². The Labute approximate surface area is 142 Å². The van der Waals surface area contributed by atoms with E-state index in [1.165, 1.54) is 0 Å². The van der Waals surface area contributed by atoms with Crippen molar-refractivity contribution in [3.8, 4) is 0 Å². The van der Waals surface area contributed by atoms with Gasteiger partial charge in [-0.05, 0) is 37.9 Å². The summed E-state index contributed by atoms with van der Waals surface area (Å²) >= 11 is 0. The molecular weight excluding hydrogens is 308 g/mol. The van der Waals surface area contributed by atoms with Gasteiger partial charge in [0.2, 0.25) is 0 Å². The van der Waals surface area contributed by atoms with Crippen LogP contribution in [0, 0.1) is 11.3 Å². The molecule has 4 nitrogen and oxygen atoms in total. The molecule has 0 aromatic carbocycles. The summed E-state index contributed by atoms with van der Waals surface area (Å²) in [7, 11) is -1.88. The Morgan fingerprint density at radius 3 is 2.48 bits per heavy atom. The lowest BCUT2D eigenvalue weighted by Crippen LogP contribution is -2.48. The summed E-state index contributed by atoms with van der Waals surface area (Å²) < 4.78 is 11.3. The Bertz CT molecular complexity index is 439. The Balaban J connectivity index is 2.73. The normalized spacial score (nSPS) is 26.2. The monoisotopic (exact) mass is 342 g/mol. The van der Waals surface area contributed by atoms with Gasteiger partial charge in [0.15, 0.2) is 8.32 Å². The summed E-state index contributed by atoms with van der Waals surface area (Å²) in [5.41, 5.74) is -0.467. The minimum absolute atomic E-state index is 0.130. The zero-order valence-corrected chi connectivity index (χ0v) is 17.0. The van der Waals surface area contributed by atoms with Crippen molar-refractivity contribution in [3.05, 3.63) is 0 Å². The molecule has 0 aromatic heterocycles. The minimum atomic E-state index is -1.88. The maximum Gasteiger partial charge on any atom is 0.306 e. The second-order valence-electron chi connectivity index (χ2n) is 8.57. The number of ether oxygens (including phenoxy) is 1. The highest BCUT2D eigenvalue weighted by Gasteiger charge is 2.45. The highest BCUT2D eigenvalue weighted by Crippen LogP contribution is 2.41. The number of hydrogen-bond acceptors (Lipinski definition) is 4. The molecule has 5 heteroatoms. The van der Waals surface area contributed by atoms with Gasteiger partial charge in [0.1, 0.15) is 5.78 Å². The molecule has 23 heavy (non-hydrogen) atoms. The van der Waals surface area contributed by atoms with Crippen molar-refractivity contribution in [3.63, 3.8) is 0 Å². The fraction of sp³-hybridized carbons (Fsp3) is 0.889. The zero-order valence-electron chi connectivity index (χ0n) is 16.0. The van der Waals surface area contributed by atoms with Crippen LogP contribution >= 0.6 is 0 Å². The summed E-state index contributed by atoms with van der Waals surface area (Å²) in [4.78, 5) is 24.6. The first kappa shape index (κ1) is 20.4. The zero-order chi connectivity index (χ0) is 17.9. The Morgan fingerprint density at radius 2 is 1.96 bits per heavy atom. The van der Waals surface area contributed by atoms with Crippen molar-refractivity contribution in [2.75, 3.05) is 13.2 Å². The molecule has 0 amide bonds. The van der Waals surface area contributed by atoms with Crippen molar-refractivity contribution in [1.82, 2.24) is 0 Å². The molecule has 1 aliphatic carbocycles. The number of hydrogen-bond donors (Lipinski definition) is 0. The molecule has 2 atom stereocenters. The van der Waals surface area contributed by atoms with E-state index in [-0.39, 0.29) is 29.1 Å². The van der Waals surface area contributed by atoms with Crippen LogP contribution in [0.15, 0.2) is 0 Å². The van der Waals surface area contributed by atoms with Crippen molar-refractivity contribution in [2.24, 2.45) is 11.3 Å². The summed E-state index contributed by atoms with van der Waals surface area (Å²) in [6.07, 6.45) is 2.81. The first-order valence-electron chi connectivity index (χ1n) is 8.77. The number of Topliss-reactive ketones (excluding diaryl/α,β-unsaturated/α-hetero) is 1. The van der Waals surface area contributed by atoms with Crippen molar-refractivity contribution >= 4 is 20.1 Å². The van der Waals surface area contributed by atoms with Gasteiger partial charge in [-0.25, -0.2) is 0 Å². The lowest BCUT2D eigenvalue weighted by atomic mass is 9.69. The fourth-order valence-corrected chi connectivity index (χ4v) is 3.91. The molecule has 0 heterocycles. The van der Waals surface area contributed by atoms with E-state index in [9.17, 15) is 9.59 Å². The Hall–Kier alpha value is -0.683. The lowest BCUT2D eigenvalue weighted by molar-refractivity contribution is -0.149. The molecule has 1 rings (SSSR count). The molecule has 2 unspecified atom stereocenters. The van der Waals surface area contributed by atoms with Gasteiger partial charge in [-0.1, -0.05) is 34.1 Å². The molecule has 0 radical (unpaired) electrons. The summed E-state index contributed by atoms with van der Waals surface area (Å²) in [6, 6.07) is 0. The SMILES string of the molecule is CCOC(=O)CC1CCCC(C)(CO[Si](C)(C)C(C)(C)C)C1=O. The standard InChI is InChI=1S/C18H34O4Si/c1-8-21-15(19)12-14-10-9-11-18(5,16(14)20)13-22-23(6,7)17(2,3)4/h14H,8-13H2,1-7H3. The van der Waals surface area contributed by atoms with Crippen LogP contribution in [0.5, 0.6) is 0 Å². The highest BCUT2D eigenvalue weighted by atomic mass is 28.4. The molecular formula is C18H34O4Si. The van der Waals surface area contributed by atoms with Gasteiger partial charge in [-0.15, -0.1) is 0 Å². The van der Waals surface area contributed by atoms with Crippen LogP contribution in [-0.2, 0) is 18.8 Å². The summed E-state index contributed by atoms with van der Waals surface area (Å²) in [6.45, 7) is 15.7. The van der Waals surface area contributed by atoms with Crippen molar-refractivity contribution in [2.45, 2.75) is 78.4 Å². The van der Waals surface area contributed by atoms with Gasteiger partial charge >= 0.3 is 5.97 Å². The topological polar surface area (TPSA) is 52.6 Å². The first-order chi connectivity index (χ1) is 10.4. The molecule has 1 saturated carbocycles. The minimum Gasteiger partial charge on any atom is -0.466 e. The third-order valence-electron chi connectivity index (χ3n) is 5.52. The van der Waals surface area contributed by atoms with E-state index in [1.54, 1.807) is 6.92 Å². The van der Waals surface area contributed by atoms with E-state index in [4.69, 9.17) is 9.16 Å². The molecule has 0 N–H and O–H groups in total. The van der Waals surface area contributed by atoms with Crippen LogP contribution < -0.4 is 0 Å². The molecule has 0 aromatic rings. The van der Waals surface area contributed by atoms with Crippen LogP contribution in [0.2, 0.25) is 18.1 Å². The van der Waals surface area contributed by atoms with Crippen molar-refractivity contribution in [1.29, 1.82) is 0 Å². The van der Waals surface area contributed by atoms with Gasteiger partial charge in [0.05, 0.1) is 13.0 Å². The average Bonchev–Trinajstić information content (AvgIpc) is 2.41. The second-order valence-corrected chi connectivity index (χ2v) is 13.4. The number of esters is 1. The maximum atomic E-state index is 12.9. The van der Waals surface area contributed by atoms with E-state index >= 15 is 0 Å². The van der Waals surface area contributed by atoms with E-state index in [1.807, 2.05) is 6.92 Å². The van der Waals surface area contributed by atoms with Gasteiger partial charge in [-0.3, -0.25) is 9.59 Å². The maximum absolute atomic E-state index is 12.9. The van der Waals surface area contributed by atoms with Gasteiger partial charge in [0.25, 0.3) is 0 Å². The smallest absolute Gasteiger partial charge is 0.306 e. The number of carbonyl (C=O) groups is 2. The molecule has 134 valence electrons. The number of carbonyl (C=O) groups excluding carboxylic acids is 2. The first-order valence-corrected chi connectivity index (χ1v) is 11.7. The van der Waals surface area contributed by atoms with Crippen molar-refractivity contribution < 1.29 is 18.8 Å². The molecule has 1 fully saturated rings. The molecule has 0 spiro atoms. The number of rotatable bonds is 6. The summed E-state index contributed by atoms with van der Waals surface area (Å²) in [5, 5.41) is 0.130. The van der Waals surface area contributed by atoms with Crippen LogP contribution in [0.4, 0.5) is 0 Å². The number of ketones is 1.